The zero-order valence-corrected chi connectivity index (χ0v) is 17.6. The third-order valence-corrected chi connectivity index (χ3v) is 6.02. The fourth-order valence-electron chi connectivity index (χ4n) is 4.49. The molecule has 2 aromatic rings. The van der Waals surface area contributed by atoms with E-state index >= 15 is 0 Å². The Morgan fingerprint density at radius 1 is 1.32 bits per heavy atom. The smallest absolute Gasteiger partial charge is 0.314 e. The number of benzene rings is 1. The van der Waals surface area contributed by atoms with Crippen LogP contribution in [0, 0.1) is 11.2 Å². The van der Waals surface area contributed by atoms with Crippen LogP contribution in [0.1, 0.15) is 38.4 Å². The number of hydrogen-bond donors (Lipinski definition) is 0. The highest BCUT2D eigenvalue weighted by molar-refractivity contribution is 5.83. The van der Waals surface area contributed by atoms with Gasteiger partial charge in [-0.3, -0.25) is 9.59 Å². The summed E-state index contributed by atoms with van der Waals surface area (Å²) in [6, 6.07) is 7.97. The molecule has 1 aromatic heterocycles. The molecule has 0 unspecified atom stereocenters. The molecule has 0 spiro atoms. The monoisotopic (exact) mass is 430 g/mol. The van der Waals surface area contributed by atoms with Crippen LogP contribution in [0.2, 0.25) is 0 Å². The molecule has 0 aliphatic carbocycles. The maximum Gasteiger partial charge on any atom is 0.314 e. The molecule has 3 heterocycles. The van der Waals surface area contributed by atoms with E-state index in [0.717, 1.165) is 6.42 Å². The SMILES string of the molecule is CCOC(=O)[C@]1(Cc2cc(-c3ccccc3F)no2)CCCN(C(=O)[C@H]2CCCO2)C1. The molecule has 2 atom stereocenters. The normalized spacial score (nSPS) is 23.7. The molecule has 4 rings (SSSR count). The highest BCUT2D eigenvalue weighted by atomic mass is 19.1. The first kappa shape index (κ1) is 21.5. The number of ether oxygens (including phenoxy) is 2. The van der Waals surface area contributed by atoms with E-state index in [0.29, 0.717) is 49.4 Å². The number of halogens is 1. The maximum atomic E-state index is 14.1. The van der Waals surface area contributed by atoms with Crippen molar-refractivity contribution in [3.63, 3.8) is 0 Å². The van der Waals surface area contributed by atoms with E-state index < -0.39 is 17.3 Å². The quantitative estimate of drug-likeness (QED) is 0.654. The Morgan fingerprint density at radius 3 is 2.90 bits per heavy atom. The number of likely N-dealkylation sites (tertiary alicyclic amines) is 1. The van der Waals surface area contributed by atoms with Gasteiger partial charge in [0.05, 0.1) is 12.0 Å². The minimum absolute atomic E-state index is 0.0736. The van der Waals surface area contributed by atoms with Crippen molar-refractivity contribution in [1.82, 2.24) is 10.1 Å². The van der Waals surface area contributed by atoms with Crippen molar-refractivity contribution in [2.24, 2.45) is 5.41 Å². The molecule has 31 heavy (non-hydrogen) atoms. The lowest BCUT2D eigenvalue weighted by molar-refractivity contribution is -0.162. The van der Waals surface area contributed by atoms with Crippen molar-refractivity contribution < 1.29 is 28.0 Å². The van der Waals surface area contributed by atoms with E-state index in [2.05, 4.69) is 5.16 Å². The molecule has 1 amide bonds. The van der Waals surface area contributed by atoms with Gasteiger partial charge in [0.25, 0.3) is 5.91 Å². The van der Waals surface area contributed by atoms with Gasteiger partial charge >= 0.3 is 5.97 Å². The lowest BCUT2D eigenvalue weighted by Crippen LogP contribution is -2.53. The van der Waals surface area contributed by atoms with Crippen LogP contribution in [0.25, 0.3) is 11.3 Å². The second kappa shape index (κ2) is 9.18. The molecule has 0 saturated carbocycles. The molecule has 7 nitrogen and oxygen atoms in total. The van der Waals surface area contributed by atoms with Gasteiger partial charge in [-0.05, 0) is 44.7 Å². The number of esters is 1. The lowest BCUT2D eigenvalue weighted by atomic mass is 9.76. The molecule has 8 heteroatoms. The van der Waals surface area contributed by atoms with Crippen LogP contribution in [0.3, 0.4) is 0 Å². The van der Waals surface area contributed by atoms with Crippen LogP contribution in [-0.4, -0.2) is 54.3 Å². The number of carbonyl (C=O) groups is 2. The molecule has 166 valence electrons. The minimum Gasteiger partial charge on any atom is -0.466 e. The summed E-state index contributed by atoms with van der Waals surface area (Å²) < 4.78 is 30.5. The van der Waals surface area contributed by atoms with Gasteiger partial charge in [-0.1, -0.05) is 17.3 Å². The zero-order valence-electron chi connectivity index (χ0n) is 17.6. The van der Waals surface area contributed by atoms with Crippen molar-refractivity contribution >= 4 is 11.9 Å². The molecule has 2 saturated heterocycles. The van der Waals surface area contributed by atoms with Gasteiger partial charge in [-0.15, -0.1) is 0 Å². The lowest BCUT2D eigenvalue weighted by Gasteiger charge is -2.41. The van der Waals surface area contributed by atoms with Crippen molar-refractivity contribution in [1.29, 1.82) is 0 Å². The van der Waals surface area contributed by atoms with Gasteiger partial charge in [0, 0.05) is 37.7 Å². The van der Waals surface area contributed by atoms with E-state index in [1.54, 1.807) is 36.1 Å². The Labute approximate surface area is 180 Å². The van der Waals surface area contributed by atoms with Crippen LogP contribution in [0.4, 0.5) is 4.39 Å². The van der Waals surface area contributed by atoms with E-state index in [-0.39, 0.29) is 31.4 Å². The number of nitrogens with zero attached hydrogens (tertiary/aromatic N) is 2. The Hall–Kier alpha value is -2.74. The first-order valence-corrected chi connectivity index (χ1v) is 10.8. The first-order valence-electron chi connectivity index (χ1n) is 10.8. The molecule has 2 fully saturated rings. The maximum absolute atomic E-state index is 14.1. The molecular weight excluding hydrogens is 403 g/mol. The number of aromatic nitrogens is 1. The Bertz CT molecular complexity index is 940. The number of hydrogen-bond acceptors (Lipinski definition) is 6. The van der Waals surface area contributed by atoms with Crippen molar-refractivity contribution in [2.45, 2.75) is 45.1 Å². The van der Waals surface area contributed by atoms with E-state index in [1.165, 1.54) is 6.07 Å². The van der Waals surface area contributed by atoms with Gasteiger partial charge in [-0.2, -0.15) is 0 Å². The molecule has 2 aliphatic rings. The first-order chi connectivity index (χ1) is 15.0. The van der Waals surface area contributed by atoms with Crippen LogP contribution in [0.15, 0.2) is 34.9 Å². The number of piperidine rings is 1. The predicted octanol–water partition coefficient (Wildman–Crippen LogP) is 3.37. The van der Waals surface area contributed by atoms with Gasteiger partial charge in [0.15, 0.2) is 0 Å². The fourth-order valence-corrected chi connectivity index (χ4v) is 4.49. The molecule has 2 aliphatic heterocycles. The van der Waals surface area contributed by atoms with Gasteiger partial charge in [0.1, 0.15) is 23.4 Å². The average Bonchev–Trinajstić information content (AvgIpc) is 3.46. The van der Waals surface area contributed by atoms with Gasteiger partial charge in [0.2, 0.25) is 0 Å². The van der Waals surface area contributed by atoms with E-state index in [1.807, 2.05) is 0 Å². The second-order valence-electron chi connectivity index (χ2n) is 8.20. The predicted molar refractivity (Wildman–Crippen MR) is 109 cm³/mol. The molecular formula is C23H27FN2O5. The van der Waals surface area contributed by atoms with Crippen molar-refractivity contribution in [3.8, 4) is 11.3 Å². The Kier molecular flexibility index (Phi) is 6.36. The summed E-state index contributed by atoms with van der Waals surface area (Å²) >= 11 is 0. The van der Waals surface area contributed by atoms with Gasteiger partial charge in [-0.25, -0.2) is 4.39 Å². The number of amides is 1. The summed E-state index contributed by atoms with van der Waals surface area (Å²) in [5.74, 6) is -0.370. The summed E-state index contributed by atoms with van der Waals surface area (Å²) in [6.07, 6.45) is 2.60. The summed E-state index contributed by atoms with van der Waals surface area (Å²) in [6.45, 7) is 3.41. The zero-order chi connectivity index (χ0) is 21.8. The third kappa shape index (κ3) is 4.49. The van der Waals surface area contributed by atoms with Crippen LogP contribution < -0.4 is 0 Å². The Balaban J connectivity index is 1.57. The molecule has 0 N–H and O–H groups in total. The summed E-state index contributed by atoms with van der Waals surface area (Å²) in [7, 11) is 0. The van der Waals surface area contributed by atoms with Crippen molar-refractivity contribution in [3.05, 3.63) is 41.9 Å². The standard InChI is InChI=1S/C23H27FN2O5/c1-2-29-22(28)23(10-6-11-26(15-23)21(27)20-9-5-12-30-20)14-16-13-19(25-31-16)17-7-3-4-8-18(17)24/h3-4,7-8,13,20H,2,5-6,9-12,14-15H2,1H3/t20-,23+/m1/s1. The average molecular weight is 430 g/mol. The van der Waals surface area contributed by atoms with Crippen molar-refractivity contribution in [2.75, 3.05) is 26.3 Å². The second-order valence-corrected chi connectivity index (χ2v) is 8.20. The third-order valence-electron chi connectivity index (χ3n) is 6.02. The Morgan fingerprint density at radius 2 is 2.16 bits per heavy atom. The summed E-state index contributed by atoms with van der Waals surface area (Å²) in [4.78, 5) is 27.7. The van der Waals surface area contributed by atoms with Gasteiger partial charge < -0.3 is 18.9 Å². The largest absolute Gasteiger partial charge is 0.466 e. The number of carbonyl (C=O) groups excluding carboxylic acids is 2. The summed E-state index contributed by atoms with van der Waals surface area (Å²) in [5.41, 5.74) is -0.231. The van der Waals surface area contributed by atoms with Crippen LogP contribution in [0.5, 0.6) is 0 Å². The minimum atomic E-state index is -0.936. The molecule has 0 bridgehead atoms. The van der Waals surface area contributed by atoms with E-state index in [4.69, 9.17) is 14.0 Å². The molecule has 1 aromatic carbocycles. The molecule has 0 radical (unpaired) electrons. The highest BCUT2D eigenvalue weighted by Gasteiger charge is 2.46. The van der Waals surface area contributed by atoms with E-state index in [9.17, 15) is 14.0 Å². The topological polar surface area (TPSA) is 81.9 Å². The number of rotatable bonds is 6. The summed E-state index contributed by atoms with van der Waals surface area (Å²) in [5, 5.41) is 4.00. The van der Waals surface area contributed by atoms with Crippen LogP contribution >= 0.6 is 0 Å². The fraction of sp³-hybridized carbons (Fsp3) is 0.522. The van der Waals surface area contributed by atoms with Crippen LogP contribution in [-0.2, 0) is 25.5 Å². The highest BCUT2D eigenvalue weighted by Crippen LogP contribution is 2.37.